The number of carbonyl (C=O) groups is 1. The van der Waals surface area contributed by atoms with Crippen LogP contribution in [0.4, 0.5) is 0 Å². The Morgan fingerprint density at radius 1 is 1.48 bits per heavy atom. The zero-order valence-corrected chi connectivity index (χ0v) is 14.6. The first-order chi connectivity index (χ1) is 11.1. The second-order valence-electron chi connectivity index (χ2n) is 6.59. The molecule has 1 aromatic carbocycles. The maximum Gasteiger partial charge on any atom is 0.233 e. The van der Waals surface area contributed by atoms with Crippen molar-refractivity contribution in [3.8, 4) is 5.75 Å². The Kier molecular flexibility index (Phi) is 4.87. The third kappa shape index (κ3) is 2.96. The molecule has 0 saturated carbocycles. The zero-order valence-electron chi connectivity index (χ0n) is 13.8. The summed E-state index contributed by atoms with van der Waals surface area (Å²) in [6, 6.07) is 8.36. The normalized spacial score (nSPS) is 29.1. The van der Waals surface area contributed by atoms with Crippen LogP contribution >= 0.6 is 11.8 Å². The SMILES string of the molecule is CC[C@@]1(CO)C[C@@H]2CC[C@H]1N2C(=O)CSc1cccc(OC)c1. The predicted molar refractivity (Wildman–Crippen MR) is 91.8 cm³/mol. The van der Waals surface area contributed by atoms with Gasteiger partial charge in [-0.05, 0) is 43.9 Å². The van der Waals surface area contributed by atoms with E-state index in [1.807, 2.05) is 24.3 Å². The minimum atomic E-state index is -0.0702. The van der Waals surface area contributed by atoms with Crippen molar-refractivity contribution >= 4 is 17.7 Å². The van der Waals surface area contributed by atoms with Crippen LogP contribution in [0.1, 0.15) is 32.6 Å². The highest BCUT2D eigenvalue weighted by atomic mass is 32.2. The molecule has 2 bridgehead atoms. The van der Waals surface area contributed by atoms with E-state index in [1.54, 1.807) is 18.9 Å². The quantitative estimate of drug-likeness (QED) is 0.812. The largest absolute Gasteiger partial charge is 0.497 e. The van der Waals surface area contributed by atoms with Crippen LogP contribution in [0.25, 0.3) is 0 Å². The highest BCUT2D eigenvalue weighted by Crippen LogP contribution is 2.51. The van der Waals surface area contributed by atoms with Crippen molar-refractivity contribution in [1.29, 1.82) is 0 Å². The van der Waals surface area contributed by atoms with E-state index < -0.39 is 0 Å². The number of benzene rings is 1. The molecule has 3 atom stereocenters. The monoisotopic (exact) mass is 335 g/mol. The van der Waals surface area contributed by atoms with Crippen LogP contribution in [0, 0.1) is 5.41 Å². The maximum atomic E-state index is 12.7. The predicted octanol–water partition coefficient (Wildman–Crippen LogP) is 2.94. The van der Waals surface area contributed by atoms with Gasteiger partial charge in [0.2, 0.25) is 5.91 Å². The van der Waals surface area contributed by atoms with Gasteiger partial charge in [0.15, 0.2) is 0 Å². The maximum absolute atomic E-state index is 12.7. The van der Waals surface area contributed by atoms with Gasteiger partial charge in [0.1, 0.15) is 5.75 Å². The van der Waals surface area contributed by atoms with Crippen LogP contribution < -0.4 is 4.74 Å². The van der Waals surface area contributed by atoms with Gasteiger partial charge in [0.25, 0.3) is 0 Å². The second kappa shape index (κ2) is 6.73. The lowest BCUT2D eigenvalue weighted by Gasteiger charge is -2.34. The number of fused-ring (bicyclic) bond motifs is 2. The van der Waals surface area contributed by atoms with Crippen LogP contribution in [-0.4, -0.2) is 47.5 Å². The molecule has 23 heavy (non-hydrogen) atoms. The minimum Gasteiger partial charge on any atom is -0.497 e. The highest BCUT2D eigenvalue weighted by molar-refractivity contribution is 8.00. The average molecular weight is 335 g/mol. The van der Waals surface area contributed by atoms with Crippen LogP contribution in [0.5, 0.6) is 5.75 Å². The Labute approximate surface area is 142 Å². The van der Waals surface area contributed by atoms with Gasteiger partial charge in [-0.15, -0.1) is 11.8 Å². The second-order valence-corrected chi connectivity index (χ2v) is 7.64. The van der Waals surface area contributed by atoms with Crippen LogP contribution in [0.3, 0.4) is 0 Å². The van der Waals surface area contributed by atoms with Crippen molar-refractivity contribution in [3.05, 3.63) is 24.3 Å². The van der Waals surface area contributed by atoms with E-state index in [4.69, 9.17) is 4.74 Å². The van der Waals surface area contributed by atoms with E-state index in [1.165, 1.54) is 0 Å². The number of rotatable bonds is 6. The van der Waals surface area contributed by atoms with Crippen molar-refractivity contribution in [2.24, 2.45) is 5.41 Å². The topological polar surface area (TPSA) is 49.8 Å². The Morgan fingerprint density at radius 3 is 2.96 bits per heavy atom. The Bertz CT molecular complexity index is 573. The summed E-state index contributed by atoms with van der Waals surface area (Å²) in [6.07, 6.45) is 4.02. The Morgan fingerprint density at radius 2 is 2.30 bits per heavy atom. The standard InChI is InChI=1S/C18H25NO3S/c1-3-18(12-20)10-13-7-8-16(18)19(13)17(21)11-23-15-6-4-5-14(9-15)22-2/h4-6,9,13,16,20H,3,7-8,10-12H2,1-2H3/t13-,16+,18-/m0/s1. The molecule has 3 rings (SSSR count). The molecular formula is C18H25NO3S. The number of carbonyl (C=O) groups excluding carboxylic acids is 1. The molecule has 1 N–H and O–H groups in total. The first-order valence-electron chi connectivity index (χ1n) is 8.32. The van der Waals surface area contributed by atoms with E-state index >= 15 is 0 Å². The van der Waals surface area contributed by atoms with Crippen LogP contribution in [0.2, 0.25) is 0 Å². The van der Waals surface area contributed by atoms with Crippen molar-refractivity contribution < 1.29 is 14.6 Å². The first-order valence-corrected chi connectivity index (χ1v) is 9.31. The summed E-state index contributed by atoms with van der Waals surface area (Å²) in [5.41, 5.74) is -0.0702. The number of methoxy groups -OCH3 is 1. The number of nitrogens with zero attached hydrogens (tertiary/aromatic N) is 1. The fourth-order valence-corrected chi connectivity index (χ4v) is 5.05. The third-order valence-corrected chi connectivity index (χ3v) is 6.54. The van der Waals surface area contributed by atoms with E-state index in [-0.39, 0.29) is 24.0 Å². The van der Waals surface area contributed by atoms with E-state index in [0.29, 0.717) is 11.8 Å². The number of thioether (sulfide) groups is 1. The molecule has 2 fully saturated rings. The van der Waals surface area contributed by atoms with Gasteiger partial charge in [0.05, 0.1) is 19.5 Å². The molecule has 0 aliphatic carbocycles. The summed E-state index contributed by atoms with van der Waals surface area (Å²) >= 11 is 1.56. The van der Waals surface area contributed by atoms with E-state index in [2.05, 4.69) is 11.8 Å². The lowest BCUT2D eigenvalue weighted by Crippen LogP contribution is -2.43. The Balaban J connectivity index is 1.65. The lowest BCUT2D eigenvalue weighted by atomic mass is 9.72. The van der Waals surface area contributed by atoms with Gasteiger partial charge in [-0.1, -0.05) is 13.0 Å². The van der Waals surface area contributed by atoms with Gasteiger partial charge in [-0.3, -0.25) is 4.79 Å². The van der Waals surface area contributed by atoms with Crippen LogP contribution in [-0.2, 0) is 4.79 Å². The van der Waals surface area contributed by atoms with Crippen molar-refractivity contribution in [2.45, 2.75) is 49.6 Å². The van der Waals surface area contributed by atoms with Crippen molar-refractivity contribution in [3.63, 3.8) is 0 Å². The fraction of sp³-hybridized carbons (Fsp3) is 0.611. The summed E-state index contributed by atoms with van der Waals surface area (Å²) in [5, 5.41) is 9.85. The third-order valence-electron chi connectivity index (χ3n) is 5.56. The molecule has 4 nitrogen and oxygen atoms in total. The van der Waals surface area contributed by atoms with Crippen LogP contribution in [0.15, 0.2) is 29.2 Å². The molecule has 2 aliphatic rings. The highest BCUT2D eigenvalue weighted by Gasteiger charge is 2.55. The lowest BCUT2D eigenvalue weighted by molar-refractivity contribution is -0.130. The molecule has 0 spiro atoms. The number of amides is 1. The summed E-state index contributed by atoms with van der Waals surface area (Å²) in [5.74, 6) is 1.47. The summed E-state index contributed by atoms with van der Waals surface area (Å²) in [6.45, 7) is 2.32. The van der Waals surface area contributed by atoms with Gasteiger partial charge in [0, 0.05) is 22.4 Å². The zero-order chi connectivity index (χ0) is 16.4. The number of hydrogen-bond acceptors (Lipinski definition) is 4. The van der Waals surface area contributed by atoms with Gasteiger partial charge >= 0.3 is 0 Å². The van der Waals surface area contributed by atoms with Gasteiger partial charge in [-0.2, -0.15) is 0 Å². The summed E-state index contributed by atoms with van der Waals surface area (Å²) in [7, 11) is 1.65. The smallest absolute Gasteiger partial charge is 0.233 e. The number of hydrogen-bond donors (Lipinski definition) is 1. The molecule has 0 aromatic heterocycles. The fourth-order valence-electron chi connectivity index (χ4n) is 4.24. The molecular weight excluding hydrogens is 310 g/mol. The average Bonchev–Trinajstić information content (AvgIpc) is 3.16. The summed E-state index contributed by atoms with van der Waals surface area (Å²) < 4.78 is 5.23. The van der Waals surface area contributed by atoms with E-state index in [9.17, 15) is 9.90 Å². The van der Waals surface area contributed by atoms with Crippen molar-refractivity contribution in [1.82, 2.24) is 4.90 Å². The molecule has 1 aromatic rings. The number of aliphatic hydroxyl groups excluding tert-OH is 1. The molecule has 2 saturated heterocycles. The van der Waals surface area contributed by atoms with Gasteiger partial charge in [-0.25, -0.2) is 0 Å². The van der Waals surface area contributed by atoms with Crippen molar-refractivity contribution in [2.75, 3.05) is 19.5 Å². The van der Waals surface area contributed by atoms with Gasteiger partial charge < -0.3 is 14.7 Å². The molecule has 2 heterocycles. The minimum absolute atomic E-state index is 0.0702. The molecule has 1 amide bonds. The molecule has 0 radical (unpaired) electrons. The van der Waals surface area contributed by atoms with E-state index in [0.717, 1.165) is 36.3 Å². The Hall–Kier alpha value is -1.20. The molecule has 5 heteroatoms. The number of aliphatic hydroxyl groups is 1. The summed E-state index contributed by atoms with van der Waals surface area (Å²) in [4.78, 5) is 15.9. The molecule has 2 aliphatic heterocycles. The molecule has 0 unspecified atom stereocenters. The molecule has 126 valence electrons. The first kappa shape index (κ1) is 16.7. The number of ether oxygens (including phenoxy) is 1.